The summed E-state index contributed by atoms with van der Waals surface area (Å²) in [6, 6.07) is 12.7. The summed E-state index contributed by atoms with van der Waals surface area (Å²) in [4.78, 5) is 12.7. The highest BCUT2D eigenvalue weighted by Gasteiger charge is 2.36. The van der Waals surface area contributed by atoms with Crippen LogP contribution in [-0.2, 0) is 20.9 Å². The maximum absolute atomic E-state index is 12.7. The molecule has 2 aromatic rings. The van der Waals surface area contributed by atoms with E-state index in [0.717, 1.165) is 4.47 Å². The van der Waals surface area contributed by atoms with Crippen molar-refractivity contribution in [3.8, 4) is 17.6 Å². The van der Waals surface area contributed by atoms with Gasteiger partial charge >= 0.3 is 5.97 Å². The molecule has 0 aliphatic carbocycles. The van der Waals surface area contributed by atoms with E-state index in [1.807, 2.05) is 6.07 Å². The van der Waals surface area contributed by atoms with Crippen molar-refractivity contribution >= 4 is 33.5 Å². The molecular weight excluding hydrogens is 512 g/mol. The Balaban J connectivity index is 2.03. The van der Waals surface area contributed by atoms with Gasteiger partial charge in [0, 0.05) is 10.0 Å². The average Bonchev–Trinajstić information content (AvgIpc) is 2.78. The first kappa shape index (κ1) is 24.5. The van der Waals surface area contributed by atoms with Crippen LogP contribution in [0.5, 0.6) is 11.5 Å². The molecule has 9 heteroatoms. The molecule has 1 aliphatic rings. The van der Waals surface area contributed by atoms with Gasteiger partial charge in [0.05, 0.1) is 30.2 Å². The number of carbonyl (C=O) groups excluding carboxylic acids is 1. The molecule has 1 aliphatic heterocycles. The molecule has 0 bridgehead atoms. The number of nitrogens with zero attached hydrogens (tertiary/aromatic N) is 1. The van der Waals surface area contributed by atoms with Crippen LogP contribution in [0.4, 0.5) is 0 Å². The van der Waals surface area contributed by atoms with E-state index in [-0.39, 0.29) is 36.0 Å². The fourth-order valence-corrected chi connectivity index (χ4v) is 4.25. The Morgan fingerprint density at radius 1 is 1.27 bits per heavy atom. The number of nitrogens with two attached hydrogens (primary N) is 1. The normalized spacial score (nSPS) is 15.6. The number of benzene rings is 2. The Morgan fingerprint density at radius 2 is 2.00 bits per heavy atom. The highest BCUT2D eigenvalue weighted by atomic mass is 79.9. The van der Waals surface area contributed by atoms with E-state index in [4.69, 9.17) is 36.3 Å². The Kier molecular flexibility index (Phi) is 7.90. The Labute approximate surface area is 205 Å². The van der Waals surface area contributed by atoms with Crippen LogP contribution >= 0.6 is 27.5 Å². The van der Waals surface area contributed by atoms with Gasteiger partial charge in [-0.1, -0.05) is 33.6 Å². The number of nitriles is 1. The minimum Gasteiger partial charge on any atom is -0.496 e. The molecule has 1 atom stereocenters. The number of ether oxygens (including phenoxy) is 4. The van der Waals surface area contributed by atoms with Gasteiger partial charge in [0.15, 0.2) is 0 Å². The maximum Gasteiger partial charge on any atom is 0.338 e. The molecule has 33 heavy (non-hydrogen) atoms. The second-order valence-corrected chi connectivity index (χ2v) is 8.37. The molecule has 0 spiro atoms. The number of carbonyl (C=O) groups is 1. The van der Waals surface area contributed by atoms with Gasteiger partial charge in [-0.2, -0.15) is 5.26 Å². The van der Waals surface area contributed by atoms with Crippen LogP contribution in [0.3, 0.4) is 0 Å². The number of hydrogen-bond donors (Lipinski definition) is 1. The van der Waals surface area contributed by atoms with Gasteiger partial charge in [-0.05, 0) is 49.7 Å². The van der Waals surface area contributed by atoms with Gasteiger partial charge < -0.3 is 24.7 Å². The van der Waals surface area contributed by atoms with E-state index < -0.39 is 11.9 Å². The molecule has 3 rings (SSSR count). The fourth-order valence-electron chi connectivity index (χ4n) is 3.53. The highest BCUT2D eigenvalue weighted by molar-refractivity contribution is 9.10. The molecule has 2 N–H and O–H groups in total. The third-order valence-corrected chi connectivity index (χ3v) is 5.80. The van der Waals surface area contributed by atoms with Crippen molar-refractivity contribution in [3.63, 3.8) is 0 Å². The van der Waals surface area contributed by atoms with Crippen molar-refractivity contribution in [2.45, 2.75) is 26.4 Å². The summed E-state index contributed by atoms with van der Waals surface area (Å²) >= 11 is 9.63. The zero-order valence-electron chi connectivity index (χ0n) is 18.3. The van der Waals surface area contributed by atoms with E-state index in [2.05, 4.69) is 22.0 Å². The lowest BCUT2D eigenvalue weighted by molar-refractivity contribution is -0.139. The Morgan fingerprint density at radius 3 is 2.64 bits per heavy atom. The molecule has 0 saturated carbocycles. The molecule has 2 aromatic carbocycles. The number of methoxy groups -OCH3 is 1. The SMILES string of the molecule is CCOC(=O)C1=C(C)OC(N)=C(C#N)C1c1ccc(OC)c(COc2ccc(Br)cc2Cl)c1. The fraction of sp³-hybridized carbons (Fsp3) is 0.250. The third-order valence-electron chi connectivity index (χ3n) is 5.02. The van der Waals surface area contributed by atoms with Crippen LogP contribution in [-0.4, -0.2) is 19.7 Å². The minimum absolute atomic E-state index is 0.0525. The summed E-state index contributed by atoms with van der Waals surface area (Å²) in [5.74, 6) is -0.0242. The number of rotatable bonds is 7. The molecule has 172 valence electrons. The van der Waals surface area contributed by atoms with E-state index in [9.17, 15) is 10.1 Å². The zero-order chi connectivity index (χ0) is 24.1. The van der Waals surface area contributed by atoms with E-state index in [1.165, 1.54) is 0 Å². The topological polar surface area (TPSA) is 104 Å². The number of hydrogen-bond acceptors (Lipinski definition) is 7. The second kappa shape index (κ2) is 10.6. The highest BCUT2D eigenvalue weighted by Crippen LogP contribution is 2.41. The lowest BCUT2D eigenvalue weighted by atomic mass is 9.82. The number of esters is 1. The van der Waals surface area contributed by atoms with Gasteiger partial charge in [-0.25, -0.2) is 4.79 Å². The minimum atomic E-state index is -0.760. The maximum atomic E-state index is 12.7. The molecule has 1 heterocycles. The second-order valence-electron chi connectivity index (χ2n) is 7.05. The van der Waals surface area contributed by atoms with Gasteiger partial charge in [0.1, 0.15) is 35.5 Å². The van der Waals surface area contributed by atoms with Gasteiger partial charge in [0.2, 0.25) is 5.88 Å². The van der Waals surface area contributed by atoms with Crippen LogP contribution in [0.25, 0.3) is 0 Å². The van der Waals surface area contributed by atoms with E-state index >= 15 is 0 Å². The zero-order valence-corrected chi connectivity index (χ0v) is 20.6. The van der Waals surface area contributed by atoms with Crippen molar-refractivity contribution in [2.75, 3.05) is 13.7 Å². The van der Waals surface area contributed by atoms with Crippen molar-refractivity contribution in [2.24, 2.45) is 5.73 Å². The van der Waals surface area contributed by atoms with Crippen LogP contribution in [0, 0.1) is 11.3 Å². The lowest BCUT2D eigenvalue weighted by Crippen LogP contribution is -2.25. The summed E-state index contributed by atoms with van der Waals surface area (Å²) in [6.07, 6.45) is 0. The van der Waals surface area contributed by atoms with Crippen LogP contribution in [0.1, 0.15) is 30.9 Å². The first-order chi connectivity index (χ1) is 15.8. The van der Waals surface area contributed by atoms with Crippen molar-refractivity contribution in [1.29, 1.82) is 5.26 Å². The van der Waals surface area contributed by atoms with Crippen LogP contribution in [0.2, 0.25) is 5.02 Å². The number of halogens is 2. The molecule has 7 nitrogen and oxygen atoms in total. The van der Waals surface area contributed by atoms with E-state index in [1.54, 1.807) is 51.3 Å². The molecule has 0 saturated heterocycles. The van der Waals surface area contributed by atoms with Gasteiger partial charge in [-0.3, -0.25) is 0 Å². The van der Waals surface area contributed by atoms with E-state index in [0.29, 0.717) is 27.6 Å². The summed E-state index contributed by atoms with van der Waals surface area (Å²) < 4.78 is 22.9. The Bertz CT molecular complexity index is 1190. The largest absolute Gasteiger partial charge is 0.496 e. The standard InChI is InChI=1S/C24H22BrClN2O5/c1-4-31-24(29)21-13(2)33-23(28)17(11-27)22(21)14-5-7-19(30-3)15(9-14)12-32-20-8-6-16(25)10-18(20)26/h5-10,22H,4,12,28H2,1-3H3. The molecule has 0 fully saturated rings. The molecular formula is C24H22BrClN2O5. The third kappa shape index (κ3) is 5.27. The smallest absolute Gasteiger partial charge is 0.338 e. The van der Waals surface area contributed by atoms with Crippen LogP contribution < -0.4 is 15.2 Å². The van der Waals surface area contributed by atoms with Crippen molar-refractivity contribution in [3.05, 3.63) is 79.8 Å². The summed E-state index contributed by atoms with van der Waals surface area (Å²) in [7, 11) is 1.55. The first-order valence-electron chi connectivity index (χ1n) is 10.0. The van der Waals surface area contributed by atoms with Crippen LogP contribution in [0.15, 0.2) is 63.7 Å². The molecule has 1 unspecified atom stereocenters. The average molecular weight is 534 g/mol. The predicted molar refractivity (Wildman–Crippen MR) is 126 cm³/mol. The molecule has 0 aromatic heterocycles. The summed E-state index contributed by atoms with van der Waals surface area (Å²) in [5, 5.41) is 10.2. The predicted octanol–water partition coefficient (Wildman–Crippen LogP) is 5.33. The Hall–Kier alpha value is -3.15. The summed E-state index contributed by atoms with van der Waals surface area (Å²) in [6.45, 7) is 3.64. The quantitative estimate of drug-likeness (QED) is 0.479. The first-order valence-corrected chi connectivity index (χ1v) is 11.2. The van der Waals surface area contributed by atoms with Gasteiger partial charge in [0.25, 0.3) is 0 Å². The monoisotopic (exact) mass is 532 g/mol. The van der Waals surface area contributed by atoms with Crippen molar-refractivity contribution < 1.29 is 23.7 Å². The summed E-state index contributed by atoms with van der Waals surface area (Å²) in [5.41, 5.74) is 7.65. The molecule has 0 radical (unpaired) electrons. The van der Waals surface area contributed by atoms with Crippen molar-refractivity contribution in [1.82, 2.24) is 0 Å². The van der Waals surface area contributed by atoms with Gasteiger partial charge in [-0.15, -0.1) is 0 Å². The molecule has 0 amide bonds. The lowest BCUT2D eigenvalue weighted by Gasteiger charge is -2.27. The number of allylic oxidation sites excluding steroid dienone is 2.